The topological polar surface area (TPSA) is 424 Å². The Morgan fingerprint density at radius 3 is 0.752 bits per heavy atom. The molecule has 1 heterocycles. The van der Waals surface area contributed by atoms with Gasteiger partial charge in [0.1, 0.15) is 39.3 Å². The molecule has 7 aromatic carbocycles. The molecule has 0 saturated heterocycles. The molecule has 8 rings (SSSR count). The van der Waals surface area contributed by atoms with Crippen LogP contribution < -0.4 is 39.7 Å². The summed E-state index contributed by atoms with van der Waals surface area (Å²) >= 11 is 0. The van der Waals surface area contributed by atoms with Gasteiger partial charge in [-0.25, -0.2) is 0 Å². The molecule has 0 aliphatic carbocycles. The Morgan fingerprint density at radius 2 is 0.489 bits per heavy atom. The van der Waals surface area contributed by atoms with E-state index in [2.05, 4.69) is 10.3 Å². The first-order chi connectivity index (χ1) is 64.2. The van der Waals surface area contributed by atoms with Crippen molar-refractivity contribution in [3.63, 3.8) is 0 Å². The molecule has 716 valence electrons. The molecule has 0 bridgehead atoms. The highest BCUT2D eigenvalue weighted by Gasteiger charge is 2.39. The number of carbonyl (C=O) groups excluding carboxylic acids is 12. The fraction of sp³-hybridized carbons (Fsp3) is 0.451. The molecule has 0 aliphatic rings. The summed E-state index contributed by atoms with van der Waals surface area (Å²) in [5.41, 5.74) is 41.6. The number of aromatic nitrogens is 1. The van der Waals surface area contributed by atoms with Crippen LogP contribution in [0.5, 0.6) is 0 Å². The Hall–Kier alpha value is -12.5. The first kappa shape index (κ1) is 106. The van der Waals surface area contributed by atoms with E-state index in [9.17, 15) is 14.4 Å². The standard InChI is InChI=1S/C102H141N19O12/c1-76(82-37-13-7-14-38-82)116(70-94(125)113(60-34-29-54-105)66-93(124)111(65-91(108)122)58-32-27-52-103)101(132)74-120(80(5)86-45-21-11-22-46-86)98(129)68-115(62-36-31-56-107)96(127)72-118(78(3)84-41-17-9-18-42-84)102(133)75-121(81(6)87-47-23-12-24-48-87)99(130)69-114(61-35-30-55-106)95(126)71-117(77(2)83-39-15-8-16-40-83)100(131)73-119(79(4)85-43-19-10-20-44-85)97(128)67-112(59-33-28-53-104)92(123)64-109-57-51-88-63-110-90-50-26-25-49-89(88)90/h7-26,37-50,63,76-81,109-110H,27-36,51-62,64-75,103-107H2,1-6H3,(H2,108,122)/t76-,77-,78-,79-,80-,81-/m0/s1. The summed E-state index contributed by atoms with van der Waals surface area (Å²) in [6.45, 7) is 7.06. The molecule has 0 fully saturated rings. The van der Waals surface area contributed by atoms with Crippen LogP contribution in [0, 0.1) is 0 Å². The number of hydrogen-bond acceptors (Lipinski definition) is 18. The molecule has 133 heavy (non-hydrogen) atoms. The van der Waals surface area contributed by atoms with Crippen molar-refractivity contribution in [1.82, 2.24) is 64.2 Å². The quantitative estimate of drug-likeness (QED) is 0.0167. The maximum Gasteiger partial charge on any atom is 0.243 e. The molecule has 12 amide bonds. The van der Waals surface area contributed by atoms with E-state index in [1.807, 2.05) is 159 Å². The first-order valence-corrected chi connectivity index (χ1v) is 46.7. The lowest BCUT2D eigenvalue weighted by Crippen LogP contribution is -2.54. The van der Waals surface area contributed by atoms with Crippen LogP contribution in [0.3, 0.4) is 0 Å². The predicted molar refractivity (Wildman–Crippen MR) is 518 cm³/mol. The van der Waals surface area contributed by atoms with Crippen LogP contribution in [0.1, 0.15) is 181 Å². The van der Waals surface area contributed by atoms with Gasteiger partial charge in [0.05, 0.1) is 75.5 Å². The highest BCUT2D eigenvalue weighted by Crippen LogP contribution is 2.31. The molecule has 31 heteroatoms. The Bertz CT molecular complexity index is 4900. The van der Waals surface area contributed by atoms with Crippen LogP contribution >= 0.6 is 0 Å². The Morgan fingerprint density at radius 1 is 0.271 bits per heavy atom. The van der Waals surface area contributed by atoms with E-state index in [0.717, 1.165) is 16.5 Å². The van der Waals surface area contributed by atoms with Gasteiger partial charge < -0.3 is 98.6 Å². The molecule has 14 N–H and O–H groups in total. The molecule has 0 aliphatic heterocycles. The molecular formula is C102H141N19O12. The molecule has 0 saturated carbocycles. The minimum absolute atomic E-state index is 0.00701. The van der Waals surface area contributed by atoms with Gasteiger partial charge in [-0.2, -0.15) is 0 Å². The van der Waals surface area contributed by atoms with Gasteiger partial charge in [-0.05, 0) is 196 Å². The highest BCUT2D eigenvalue weighted by molar-refractivity contribution is 5.96. The van der Waals surface area contributed by atoms with Crippen molar-refractivity contribution in [1.29, 1.82) is 0 Å². The number of H-pyrrole nitrogens is 1. The maximum atomic E-state index is 16.1. The SMILES string of the molecule is C[C@@H](c1ccccc1)N(CC(=O)N(CCCCN)CC(=O)N(CC(=O)N(CC(=O)N(CCCCN)CC(=O)N(CC(=O)N(CC(=O)N(CCCCN)CC(=O)N(CCCCN)CC(N)=O)[C@@H](C)c1ccccc1)[C@@H](C)c1ccccc1)[C@@H](C)c1ccccc1)[C@@H](C)c1ccccc1)C(=O)CN(C(=O)CN(CCCCN)C(=O)CNCCc1c[nH]c2ccccc12)[C@@H](C)c1ccccc1. The second-order valence-electron chi connectivity index (χ2n) is 34.0. The molecular weight excluding hydrogens is 1680 g/mol. The monoisotopic (exact) mass is 1820 g/mol. The number of primary amides is 1. The maximum absolute atomic E-state index is 16.1. The van der Waals surface area contributed by atoms with Crippen molar-refractivity contribution >= 4 is 81.8 Å². The number of benzene rings is 7. The van der Waals surface area contributed by atoms with Gasteiger partial charge in [-0.3, -0.25) is 57.5 Å². The fourth-order valence-corrected chi connectivity index (χ4v) is 16.3. The average Bonchev–Trinajstić information content (AvgIpc) is 0.866. The molecule has 6 atom stereocenters. The number of aromatic amines is 1. The normalized spacial score (nSPS) is 12.5. The van der Waals surface area contributed by atoms with Gasteiger partial charge >= 0.3 is 0 Å². The number of fused-ring (bicyclic) bond motifs is 1. The lowest BCUT2D eigenvalue weighted by Gasteiger charge is -2.38. The summed E-state index contributed by atoms with van der Waals surface area (Å²) in [6.07, 6.45) is 7.18. The summed E-state index contributed by atoms with van der Waals surface area (Å²) in [6, 6.07) is 57.6. The van der Waals surface area contributed by atoms with Gasteiger partial charge in [0, 0.05) is 49.8 Å². The number of amides is 12. The van der Waals surface area contributed by atoms with E-state index in [-0.39, 0.29) is 71.4 Å². The summed E-state index contributed by atoms with van der Waals surface area (Å²) in [4.78, 5) is 200. The lowest BCUT2D eigenvalue weighted by atomic mass is 10.0. The van der Waals surface area contributed by atoms with Crippen molar-refractivity contribution in [3.8, 4) is 0 Å². The second kappa shape index (κ2) is 56.4. The van der Waals surface area contributed by atoms with E-state index >= 15 is 43.2 Å². The Kier molecular flexibility index (Phi) is 44.9. The fourth-order valence-electron chi connectivity index (χ4n) is 16.3. The number of nitrogens with one attached hydrogen (secondary N) is 2. The van der Waals surface area contributed by atoms with E-state index in [4.69, 9.17) is 34.4 Å². The minimum Gasteiger partial charge on any atom is -0.368 e. The predicted octanol–water partition coefficient (Wildman–Crippen LogP) is 8.16. The van der Waals surface area contributed by atoms with E-state index in [1.165, 1.54) is 53.9 Å². The van der Waals surface area contributed by atoms with Gasteiger partial charge in [-0.15, -0.1) is 0 Å². The van der Waals surface area contributed by atoms with Gasteiger partial charge in [0.2, 0.25) is 70.9 Å². The summed E-state index contributed by atoms with van der Waals surface area (Å²) in [5.74, 6) is -7.24. The van der Waals surface area contributed by atoms with Crippen LogP contribution in [-0.4, -0.2) is 280 Å². The van der Waals surface area contributed by atoms with Crippen LogP contribution in [0.4, 0.5) is 0 Å². The largest absolute Gasteiger partial charge is 0.368 e. The zero-order chi connectivity index (χ0) is 96.1. The third-order valence-corrected chi connectivity index (χ3v) is 24.6. The molecule has 31 nitrogen and oxygen atoms in total. The van der Waals surface area contributed by atoms with Crippen molar-refractivity contribution in [2.24, 2.45) is 34.4 Å². The number of nitrogens with zero attached hydrogens (tertiary/aromatic N) is 11. The molecule has 1 aromatic heterocycles. The summed E-state index contributed by atoms with van der Waals surface area (Å²) in [5, 5.41) is 4.37. The van der Waals surface area contributed by atoms with Crippen molar-refractivity contribution in [3.05, 3.63) is 251 Å². The number of unbranched alkanes of at least 4 members (excludes halogenated alkanes) is 5. The highest BCUT2D eigenvalue weighted by atomic mass is 16.2. The summed E-state index contributed by atoms with van der Waals surface area (Å²) in [7, 11) is 0. The van der Waals surface area contributed by atoms with Crippen LogP contribution in [-0.2, 0) is 64.0 Å². The number of para-hydroxylation sites is 1. The van der Waals surface area contributed by atoms with Crippen LogP contribution in [0.15, 0.2) is 212 Å². The molecule has 0 radical (unpaired) electrons. The van der Waals surface area contributed by atoms with Crippen LogP contribution in [0.2, 0.25) is 0 Å². The second-order valence-corrected chi connectivity index (χ2v) is 34.0. The van der Waals surface area contributed by atoms with Crippen molar-refractivity contribution in [2.75, 3.05) is 151 Å². The number of carbonyl (C=O) groups is 12. The number of rotatable bonds is 59. The molecule has 8 aromatic rings. The molecule has 0 spiro atoms. The first-order valence-electron chi connectivity index (χ1n) is 46.7. The van der Waals surface area contributed by atoms with E-state index in [0.29, 0.717) is 130 Å². The third-order valence-electron chi connectivity index (χ3n) is 24.6. The minimum atomic E-state index is -0.857. The number of nitrogens with two attached hydrogens (primary N) is 6. The average molecular weight is 1830 g/mol. The zero-order valence-corrected chi connectivity index (χ0v) is 78.5. The van der Waals surface area contributed by atoms with Crippen LogP contribution in [0.25, 0.3) is 10.9 Å². The lowest BCUT2D eigenvalue weighted by molar-refractivity contribution is -0.152. The Balaban J connectivity index is 1.10. The van der Waals surface area contributed by atoms with E-state index in [1.54, 1.807) is 95.3 Å². The third kappa shape index (κ3) is 33.0. The Labute approximate surface area is 784 Å². The van der Waals surface area contributed by atoms with Gasteiger partial charge in [0.25, 0.3) is 0 Å². The van der Waals surface area contributed by atoms with Crippen molar-refractivity contribution in [2.45, 2.75) is 148 Å². The van der Waals surface area contributed by atoms with E-state index < -0.39 is 160 Å². The van der Waals surface area contributed by atoms with Gasteiger partial charge in [0.15, 0.2) is 0 Å². The molecule has 0 unspecified atom stereocenters. The zero-order valence-electron chi connectivity index (χ0n) is 78.5. The smallest absolute Gasteiger partial charge is 0.243 e. The number of hydrogen-bond donors (Lipinski definition) is 8. The summed E-state index contributed by atoms with van der Waals surface area (Å²) < 4.78 is 0. The van der Waals surface area contributed by atoms with Crippen molar-refractivity contribution < 1.29 is 57.5 Å². The van der Waals surface area contributed by atoms with Gasteiger partial charge in [-0.1, -0.05) is 200 Å².